The zero-order valence-electron chi connectivity index (χ0n) is 5.79. The molecule has 0 aromatic rings. The van der Waals surface area contributed by atoms with Crippen LogP contribution < -0.4 is 0 Å². The molecule has 0 saturated carbocycles. The normalized spacial score (nSPS) is 14.0. The number of rotatable bonds is 3. The summed E-state index contributed by atoms with van der Waals surface area (Å²) in [5.74, 6) is -1.04. The third-order valence-corrected chi connectivity index (χ3v) is 1.18. The van der Waals surface area contributed by atoms with Gasteiger partial charge in [0.25, 0.3) is 0 Å². The Hall–Kier alpha value is -0.790. The molecule has 0 rings (SSSR count). The number of allylic oxidation sites excluding steroid dienone is 1. The summed E-state index contributed by atoms with van der Waals surface area (Å²) in [5.41, 5.74) is 0. The van der Waals surface area contributed by atoms with Crippen molar-refractivity contribution in [2.75, 3.05) is 0 Å². The lowest BCUT2D eigenvalue weighted by Gasteiger charge is -2.00. The second-order valence-corrected chi connectivity index (χ2v) is 1.88. The van der Waals surface area contributed by atoms with Gasteiger partial charge in [0.1, 0.15) is 0 Å². The van der Waals surface area contributed by atoms with Gasteiger partial charge in [-0.3, -0.25) is 4.79 Å². The van der Waals surface area contributed by atoms with Gasteiger partial charge in [-0.2, -0.15) is 0 Å². The number of carbonyl (C=O) groups is 1. The van der Waals surface area contributed by atoms with E-state index >= 15 is 0 Å². The highest BCUT2D eigenvalue weighted by atomic mass is 16.4. The summed E-state index contributed by atoms with van der Waals surface area (Å²) in [6, 6.07) is 0. The van der Waals surface area contributed by atoms with Gasteiger partial charge in [0.15, 0.2) is 0 Å². The maximum atomic E-state index is 10.3. The first-order valence-electron chi connectivity index (χ1n) is 3.08. The SMILES string of the molecule is C/C=C/C(CC)C(=O)O. The van der Waals surface area contributed by atoms with E-state index in [1.165, 1.54) is 0 Å². The molecule has 0 heterocycles. The van der Waals surface area contributed by atoms with Gasteiger partial charge in [0, 0.05) is 0 Å². The molecule has 0 aromatic heterocycles. The summed E-state index contributed by atoms with van der Waals surface area (Å²) in [7, 11) is 0. The summed E-state index contributed by atoms with van der Waals surface area (Å²) >= 11 is 0. The van der Waals surface area contributed by atoms with E-state index in [4.69, 9.17) is 5.11 Å². The zero-order valence-corrected chi connectivity index (χ0v) is 5.79. The Labute approximate surface area is 55.2 Å². The molecule has 0 radical (unpaired) electrons. The van der Waals surface area contributed by atoms with Crippen LogP contribution >= 0.6 is 0 Å². The van der Waals surface area contributed by atoms with Crippen LogP contribution in [0.25, 0.3) is 0 Å². The summed E-state index contributed by atoms with van der Waals surface area (Å²) in [6.07, 6.45) is 4.13. The fraction of sp³-hybridized carbons (Fsp3) is 0.571. The van der Waals surface area contributed by atoms with Gasteiger partial charge in [-0.25, -0.2) is 0 Å². The van der Waals surface area contributed by atoms with E-state index in [9.17, 15) is 4.79 Å². The molecule has 0 aromatic carbocycles. The minimum atomic E-state index is -0.740. The molecule has 0 bridgehead atoms. The molecular weight excluding hydrogens is 116 g/mol. The highest BCUT2D eigenvalue weighted by molar-refractivity contribution is 5.71. The van der Waals surface area contributed by atoms with Crippen molar-refractivity contribution in [1.29, 1.82) is 0 Å². The molecule has 0 fully saturated rings. The van der Waals surface area contributed by atoms with Gasteiger partial charge in [0.05, 0.1) is 5.92 Å². The maximum Gasteiger partial charge on any atom is 0.310 e. The van der Waals surface area contributed by atoms with E-state index in [-0.39, 0.29) is 5.92 Å². The molecule has 9 heavy (non-hydrogen) atoms. The number of hydrogen-bond donors (Lipinski definition) is 1. The van der Waals surface area contributed by atoms with Gasteiger partial charge >= 0.3 is 5.97 Å². The summed E-state index contributed by atoms with van der Waals surface area (Å²) in [4.78, 5) is 10.3. The Morgan fingerprint density at radius 1 is 1.78 bits per heavy atom. The molecule has 0 aliphatic rings. The van der Waals surface area contributed by atoms with E-state index in [2.05, 4.69) is 0 Å². The minimum absolute atomic E-state index is 0.296. The van der Waals surface area contributed by atoms with E-state index in [0.717, 1.165) is 0 Å². The van der Waals surface area contributed by atoms with Crippen molar-refractivity contribution in [3.8, 4) is 0 Å². The number of hydrogen-bond acceptors (Lipinski definition) is 1. The standard InChI is InChI=1S/C7H12O2/c1-3-5-6(4-2)7(8)9/h3,5-6H,4H2,1-2H3,(H,8,9)/b5-3+. The van der Waals surface area contributed by atoms with E-state index in [1.54, 1.807) is 12.2 Å². The van der Waals surface area contributed by atoms with E-state index in [1.807, 2.05) is 13.8 Å². The summed E-state index contributed by atoms with van der Waals surface area (Å²) in [6.45, 7) is 3.68. The fourth-order valence-electron chi connectivity index (χ4n) is 0.625. The average Bonchev–Trinajstić information content (AvgIpc) is 1.82. The molecule has 2 nitrogen and oxygen atoms in total. The molecule has 52 valence electrons. The number of carboxylic acid groups (broad SMARTS) is 1. The van der Waals surface area contributed by atoms with Gasteiger partial charge in [0.2, 0.25) is 0 Å². The van der Waals surface area contributed by atoms with Crippen LogP contribution in [-0.2, 0) is 4.79 Å². The monoisotopic (exact) mass is 128 g/mol. The van der Waals surface area contributed by atoms with Crippen molar-refractivity contribution in [2.45, 2.75) is 20.3 Å². The lowest BCUT2D eigenvalue weighted by Crippen LogP contribution is -2.08. The van der Waals surface area contributed by atoms with Crippen LogP contribution in [0.1, 0.15) is 20.3 Å². The Kier molecular flexibility index (Phi) is 3.76. The topological polar surface area (TPSA) is 37.3 Å². The van der Waals surface area contributed by atoms with Crippen molar-refractivity contribution in [1.82, 2.24) is 0 Å². The van der Waals surface area contributed by atoms with Crippen LogP contribution in [0.3, 0.4) is 0 Å². The quantitative estimate of drug-likeness (QED) is 0.587. The molecule has 0 amide bonds. The molecule has 2 heteroatoms. The lowest BCUT2D eigenvalue weighted by atomic mass is 10.1. The Bertz CT molecular complexity index is 116. The molecule has 1 atom stereocenters. The highest BCUT2D eigenvalue weighted by Gasteiger charge is 2.08. The Morgan fingerprint density at radius 3 is 2.44 bits per heavy atom. The first-order valence-corrected chi connectivity index (χ1v) is 3.08. The van der Waals surface area contributed by atoms with Crippen molar-refractivity contribution < 1.29 is 9.90 Å². The van der Waals surface area contributed by atoms with Gasteiger partial charge in [-0.1, -0.05) is 19.1 Å². The molecule has 0 spiro atoms. The summed E-state index contributed by atoms with van der Waals surface area (Å²) in [5, 5.41) is 8.45. The number of carboxylic acids is 1. The van der Waals surface area contributed by atoms with E-state index in [0.29, 0.717) is 6.42 Å². The van der Waals surface area contributed by atoms with Crippen molar-refractivity contribution in [2.24, 2.45) is 5.92 Å². The molecule has 0 aliphatic carbocycles. The first kappa shape index (κ1) is 8.21. The van der Waals surface area contributed by atoms with E-state index < -0.39 is 5.97 Å². The number of aliphatic carboxylic acids is 1. The largest absolute Gasteiger partial charge is 0.481 e. The predicted octanol–water partition coefficient (Wildman–Crippen LogP) is 1.67. The second kappa shape index (κ2) is 4.13. The van der Waals surface area contributed by atoms with Crippen LogP contribution in [0.5, 0.6) is 0 Å². The predicted molar refractivity (Wildman–Crippen MR) is 36.2 cm³/mol. The fourth-order valence-corrected chi connectivity index (χ4v) is 0.625. The molecule has 1 unspecified atom stereocenters. The third kappa shape index (κ3) is 2.90. The van der Waals surface area contributed by atoms with Crippen LogP contribution in [-0.4, -0.2) is 11.1 Å². The lowest BCUT2D eigenvalue weighted by molar-refractivity contribution is -0.140. The van der Waals surface area contributed by atoms with Crippen molar-refractivity contribution in [3.05, 3.63) is 12.2 Å². The van der Waals surface area contributed by atoms with Crippen molar-refractivity contribution in [3.63, 3.8) is 0 Å². The van der Waals surface area contributed by atoms with Crippen LogP contribution in [0.15, 0.2) is 12.2 Å². The van der Waals surface area contributed by atoms with Gasteiger partial charge < -0.3 is 5.11 Å². The molecule has 0 saturated heterocycles. The molecule has 1 N–H and O–H groups in total. The van der Waals surface area contributed by atoms with Crippen LogP contribution in [0.2, 0.25) is 0 Å². The zero-order chi connectivity index (χ0) is 7.28. The summed E-state index contributed by atoms with van der Waals surface area (Å²) < 4.78 is 0. The highest BCUT2D eigenvalue weighted by Crippen LogP contribution is 2.03. The molecule has 0 aliphatic heterocycles. The second-order valence-electron chi connectivity index (χ2n) is 1.88. The van der Waals surface area contributed by atoms with Crippen LogP contribution in [0.4, 0.5) is 0 Å². The van der Waals surface area contributed by atoms with Gasteiger partial charge in [-0.05, 0) is 13.3 Å². The Balaban J connectivity index is 3.83. The third-order valence-electron chi connectivity index (χ3n) is 1.18. The average molecular weight is 128 g/mol. The maximum absolute atomic E-state index is 10.3. The smallest absolute Gasteiger partial charge is 0.310 e. The van der Waals surface area contributed by atoms with Gasteiger partial charge in [-0.15, -0.1) is 0 Å². The minimum Gasteiger partial charge on any atom is -0.481 e. The van der Waals surface area contributed by atoms with Crippen LogP contribution in [0, 0.1) is 5.92 Å². The Morgan fingerprint density at radius 2 is 2.33 bits per heavy atom. The molecular formula is C7H12O2. The first-order chi connectivity index (χ1) is 4.22. The van der Waals surface area contributed by atoms with Crippen molar-refractivity contribution >= 4 is 5.97 Å².